The van der Waals surface area contributed by atoms with E-state index in [4.69, 9.17) is 0 Å². The molecule has 0 aliphatic heterocycles. The van der Waals surface area contributed by atoms with Gasteiger partial charge >= 0.3 is 0 Å². The van der Waals surface area contributed by atoms with Crippen LogP contribution in [0, 0.1) is 0 Å². The minimum Gasteiger partial charge on any atom is -0.310 e. The Hall–Kier alpha value is -0.910. The molecule has 0 saturated heterocycles. The molecule has 1 aromatic carbocycles. The molecule has 1 atom stereocenters. The Morgan fingerprint density at radius 2 is 1.89 bits per heavy atom. The van der Waals surface area contributed by atoms with Crippen LogP contribution in [0.1, 0.15) is 39.7 Å². The van der Waals surface area contributed by atoms with E-state index < -0.39 is 10.0 Å². The lowest BCUT2D eigenvalue weighted by Crippen LogP contribution is -2.32. The molecule has 19 heavy (non-hydrogen) atoms. The zero-order chi connectivity index (χ0) is 14.5. The maximum atomic E-state index is 12.2. The molecule has 108 valence electrons. The maximum Gasteiger partial charge on any atom is 0.240 e. The normalized spacial score (nSPS) is 13.7. The second-order valence-corrected chi connectivity index (χ2v) is 6.83. The summed E-state index contributed by atoms with van der Waals surface area (Å²) in [6, 6.07) is 7.38. The summed E-state index contributed by atoms with van der Waals surface area (Å²) in [5.41, 5.74) is 0.973. The smallest absolute Gasteiger partial charge is 0.240 e. The van der Waals surface area contributed by atoms with Crippen molar-refractivity contribution < 1.29 is 8.42 Å². The molecule has 1 rings (SSSR count). The van der Waals surface area contributed by atoms with Crippen LogP contribution >= 0.6 is 0 Å². The average Bonchev–Trinajstić information content (AvgIpc) is 2.36. The van der Waals surface area contributed by atoms with Crippen molar-refractivity contribution in [2.45, 2.75) is 57.6 Å². The first-order valence-corrected chi connectivity index (χ1v) is 8.18. The van der Waals surface area contributed by atoms with Crippen molar-refractivity contribution in [2.24, 2.45) is 0 Å². The highest BCUT2D eigenvalue weighted by atomic mass is 32.2. The van der Waals surface area contributed by atoms with E-state index in [1.807, 2.05) is 19.9 Å². The van der Waals surface area contributed by atoms with Crippen LogP contribution in [0.3, 0.4) is 0 Å². The summed E-state index contributed by atoms with van der Waals surface area (Å²) in [6.45, 7) is 8.61. The summed E-state index contributed by atoms with van der Waals surface area (Å²) < 4.78 is 27.0. The van der Waals surface area contributed by atoms with E-state index in [0.29, 0.717) is 17.5 Å². The highest BCUT2D eigenvalue weighted by Crippen LogP contribution is 2.12. The number of hydrogen-bond donors (Lipinski definition) is 2. The van der Waals surface area contributed by atoms with Crippen LogP contribution in [0.2, 0.25) is 0 Å². The molecule has 0 aliphatic carbocycles. The lowest BCUT2D eigenvalue weighted by atomic mass is 10.2. The minimum atomic E-state index is -3.41. The van der Waals surface area contributed by atoms with E-state index in [2.05, 4.69) is 23.9 Å². The molecule has 4 nitrogen and oxygen atoms in total. The van der Waals surface area contributed by atoms with Gasteiger partial charge in [0.2, 0.25) is 10.0 Å². The number of rotatable bonds is 7. The molecule has 0 fully saturated rings. The zero-order valence-electron chi connectivity index (χ0n) is 12.1. The summed E-state index contributed by atoms with van der Waals surface area (Å²) in [6.07, 6.45) is 0.772. The summed E-state index contributed by atoms with van der Waals surface area (Å²) in [5.74, 6) is 0. The largest absolute Gasteiger partial charge is 0.310 e. The van der Waals surface area contributed by atoms with Gasteiger partial charge in [0.1, 0.15) is 0 Å². The molecule has 0 radical (unpaired) electrons. The Bertz CT molecular complexity index is 498. The fourth-order valence-corrected chi connectivity index (χ4v) is 2.96. The summed E-state index contributed by atoms with van der Waals surface area (Å²) in [4.78, 5) is 0.329. The quantitative estimate of drug-likeness (QED) is 0.807. The predicted molar refractivity (Wildman–Crippen MR) is 78.5 cm³/mol. The Labute approximate surface area is 116 Å². The average molecular weight is 284 g/mol. The van der Waals surface area contributed by atoms with Gasteiger partial charge in [-0.25, -0.2) is 13.1 Å². The van der Waals surface area contributed by atoms with Crippen LogP contribution in [0.5, 0.6) is 0 Å². The van der Waals surface area contributed by atoms with E-state index in [0.717, 1.165) is 12.0 Å². The van der Waals surface area contributed by atoms with Crippen molar-refractivity contribution in [3.05, 3.63) is 29.8 Å². The van der Waals surface area contributed by atoms with E-state index in [9.17, 15) is 8.42 Å². The van der Waals surface area contributed by atoms with Crippen LogP contribution in [0.15, 0.2) is 29.2 Å². The molecule has 1 aromatic rings. The summed E-state index contributed by atoms with van der Waals surface area (Å²) >= 11 is 0. The SMILES string of the molecule is CCC(C)NS(=O)(=O)c1cccc(CNC(C)C)c1. The van der Waals surface area contributed by atoms with Gasteiger partial charge in [-0.1, -0.05) is 32.9 Å². The van der Waals surface area contributed by atoms with E-state index in [1.165, 1.54) is 0 Å². The molecule has 0 aliphatic rings. The predicted octanol–water partition coefficient (Wildman–Crippen LogP) is 2.26. The first-order chi connectivity index (χ1) is 8.85. The molecule has 1 unspecified atom stereocenters. The van der Waals surface area contributed by atoms with Crippen molar-refractivity contribution in [3.8, 4) is 0 Å². The van der Waals surface area contributed by atoms with E-state index >= 15 is 0 Å². The molecule has 0 spiro atoms. The molecule has 2 N–H and O–H groups in total. The van der Waals surface area contributed by atoms with Crippen molar-refractivity contribution >= 4 is 10.0 Å². The third-order valence-electron chi connectivity index (χ3n) is 2.89. The van der Waals surface area contributed by atoms with Crippen LogP contribution in [0.25, 0.3) is 0 Å². The minimum absolute atomic E-state index is 0.0533. The van der Waals surface area contributed by atoms with Gasteiger partial charge in [-0.2, -0.15) is 0 Å². The fourth-order valence-electron chi connectivity index (χ4n) is 1.56. The number of hydrogen-bond acceptors (Lipinski definition) is 3. The second-order valence-electron chi connectivity index (χ2n) is 5.11. The lowest BCUT2D eigenvalue weighted by molar-refractivity contribution is 0.555. The molecule has 0 heterocycles. The molecule has 0 amide bonds. The van der Waals surface area contributed by atoms with Gasteiger partial charge in [0.05, 0.1) is 4.90 Å². The van der Waals surface area contributed by atoms with Gasteiger partial charge in [0.15, 0.2) is 0 Å². The third kappa shape index (κ3) is 5.30. The Kier molecular flexibility index (Phi) is 5.97. The highest BCUT2D eigenvalue weighted by molar-refractivity contribution is 7.89. The summed E-state index contributed by atoms with van der Waals surface area (Å²) in [5, 5.41) is 3.28. The van der Waals surface area contributed by atoms with Gasteiger partial charge < -0.3 is 5.32 Å². The molecular weight excluding hydrogens is 260 g/mol. The Morgan fingerprint density at radius 1 is 1.21 bits per heavy atom. The number of benzene rings is 1. The van der Waals surface area contributed by atoms with Gasteiger partial charge in [-0.15, -0.1) is 0 Å². The lowest BCUT2D eigenvalue weighted by Gasteiger charge is -2.13. The molecular formula is C14H24N2O2S. The Morgan fingerprint density at radius 3 is 2.47 bits per heavy atom. The fraction of sp³-hybridized carbons (Fsp3) is 0.571. The zero-order valence-corrected chi connectivity index (χ0v) is 12.9. The Balaban J connectivity index is 2.86. The molecule has 0 bridgehead atoms. The van der Waals surface area contributed by atoms with Crippen LogP contribution in [0.4, 0.5) is 0 Å². The van der Waals surface area contributed by atoms with Gasteiger partial charge in [-0.05, 0) is 31.0 Å². The standard InChI is InChI=1S/C14H24N2O2S/c1-5-12(4)16-19(17,18)14-8-6-7-13(9-14)10-15-11(2)3/h6-9,11-12,15-16H,5,10H2,1-4H3. The second kappa shape index (κ2) is 7.03. The van der Waals surface area contributed by atoms with Gasteiger partial charge in [-0.3, -0.25) is 0 Å². The third-order valence-corrected chi connectivity index (χ3v) is 4.48. The molecule has 5 heteroatoms. The number of sulfonamides is 1. The van der Waals surface area contributed by atoms with Crippen molar-refractivity contribution in [2.75, 3.05) is 0 Å². The number of nitrogens with one attached hydrogen (secondary N) is 2. The monoisotopic (exact) mass is 284 g/mol. The highest BCUT2D eigenvalue weighted by Gasteiger charge is 2.16. The topological polar surface area (TPSA) is 58.2 Å². The van der Waals surface area contributed by atoms with E-state index in [1.54, 1.807) is 18.2 Å². The van der Waals surface area contributed by atoms with Crippen molar-refractivity contribution in [1.82, 2.24) is 10.0 Å². The van der Waals surface area contributed by atoms with Gasteiger partial charge in [0.25, 0.3) is 0 Å². The van der Waals surface area contributed by atoms with Crippen LogP contribution < -0.4 is 10.0 Å². The first kappa shape index (κ1) is 16.1. The molecule has 0 saturated carbocycles. The van der Waals surface area contributed by atoms with Crippen molar-refractivity contribution in [1.29, 1.82) is 0 Å². The van der Waals surface area contributed by atoms with E-state index in [-0.39, 0.29) is 6.04 Å². The van der Waals surface area contributed by atoms with Crippen molar-refractivity contribution in [3.63, 3.8) is 0 Å². The van der Waals surface area contributed by atoms with Crippen LogP contribution in [-0.4, -0.2) is 20.5 Å². The summed E-state index contributed by atoms with van der Waals surface area (Å²) in [7, 11) is -3.41. The maximum absolute atomic E-state index is 12.2. The molecule has 0 aromatic heterocycles. The van der Waals surface area contributed by atoms with Gasteiger partial charge in [0, 0.05) is 18.6 Å². The first-order valence-electron chi connectivity index (χ1n) is 6.69. The van der Waals surface area contributed by atoms with Crippen LogP contribution in [-0.2, 0) is 16.6 Å².